The van der Waals surface area contributed by atoms with E-state index in [-0.39, 0.29) is 10.7 Å². The highest BCUT2D eigenvalue weighted by Gasteiger charge is 2.37. The summed E-state index contributed by atoms with van der Waals surface area (Å²) in [6.45, 7) is 1.26. The third-order valence-electron chi connectivity index (χ3n) is 4.10. The molecule has 1 aromatic carbocycles. The predicted octanol–water partition coefficient (Wildman–Crippen LogP) is 1.15. The van der Waals surface area contributed by atoms with Gasteiger partial charge in [0.1, 0.15) is 0 Å². The molecule has 25 heavy (non-hydrogen) atoms. The van der Waals surface area contributed by atoms with E-state index in [0.717, 1.165) is 21.8 Å². The molecule has 0 atom stereocenters. The quantitative estimate of drug-likeness (QED) is 0.535. The molecule has 0 N–H and O–H groups in total. The van der Waals surface area contributed by atoms with Gasteiger partial charge in [-0.15, -0.1) is 0 Å². The molecule has 0 saturated carbocycles. The van der Waals surface area contributed by atoms with Crippen LogP contribution in [0.2, 0.25) is 0 Å². The van der Waals surface area contributed by atoms with Crippen LogP contribution in [0, 0.1) is 0 Å². The summed E-state index contributed by atoms with van der Waals surface area (Å²) in [5.41, 5.74) is 0.469. The minimum atomic E-state index is -3.73. The lowest BCUT2D eigenvalue weighted by atomic mass is 10.1. The number of hydrogen-bond acceptors (Lipinski definition) is 4. The average Bonchev–Trinajstić information content (AvgIpc) is 2.55. The zero-order valence-electron chi connectivity index (χ0n) is 15.4. The third kappa shape index (κ3) is 3.80. The molecule has 0 radical (unpaired) electrons. The number of carbonyl (C=O) groups is 1. The van der Waals surface area contributed by atoms with Gasteiger partial charge in [0.15, 0.2) is 11.6 Å². The van der Waals surface area contributed by atoms with Crippen LogP contribution in [0.3, 0.4) is 0 Å². The molecule has 1 aliphatic rings. The Morgan fingerprint density at radius 1 is 1.24 bits per heavy atom. The second kappa shape index (κ2) is 7.05. The minimum absolute atomic E-state index is 0.176. The summed E-state index contributed by atoms with van der Waals surface area (Å²) < 4.78 is 33.0. The molecule has 0 bridgehead atoms. The van der Waals surface area contributed by atoms with Crippen LogP contribution in [0.5, 0.6) is 0 Å². The van der Waals surface area contributed by atoms with Gasteiger partial charge in [0.05, 0.1) is 39.7 Å². The Morgan fingerprint density at radius 3 is 2.44 bits per heavy atom. The fourth-order valence-electron chi connectivity index (χ4n) is 2.84. The summed E-state index contributed by atoms with van der Waals surface area (Å²) in [4.78, 5) is 13.3. The van der Waals surface area contributed by atoms with Crippen molar-refractivity contribution in [1.29, 1.82) is 0 Å². The number of benzene rings is 1. The number of nitrogens with zero attached hydrogens (tertiary/aromatic N) is 3. The van der Waals surface area contributed by atoms with Gasteiger partial charge in [-0.2, -0.15) is 0 Å². The minimum Gasteiger partial charge on any atom is -0.492 e. The van der Waals surface area contributed by atoms with E-state index < -0.39 is 10.0 Å². The first-order valence-electron chi connectivity index (χ1n) is 8.02. The van der Waals surface area contributed by atoms with Crippen LogP contribution >= 0.6 is 0 Å². The highest BCUT2D eigenvalue weighted by molar-refractivity contribution is 7.89. The molecule has 7 nitrogen and oxygen atoms in total. The van der Waals surface area contributed by atoms with Crippen molar-refractivity contribution < 1.29 is 22.4 Å². The van der Waals surface area contributed by atoms with Crippen LogP contribution < -0.4 is 0 Å². The molecule has 1 aromatic rings. The summed E-state index contributed by atoms with van der Waals surface area (Å²) in [5.74, 6) is 0.628. The number of amides is 1. The summed E-state index contributed by atoms with van der Waals surface area (Å²) in [5, 5.41) is 0. The van der Waals surface area contributed by atoms with E-state index >= 15 is 0 Å². The zero-order chi connectivity index (χ0) is 18.8. The Balaban J connectivity index is 2.48. The van der Waals surface area contributed by atoms with Gasteiger partial charge in [0, 0.05) is 25.6 Å². The van der Waals surface area contributed by atoms with Crippen molar-refractivity contribution in [3.8, 4) is 0 Å². The molecule has 0 spiro atoms. The Labute approximate surface area is 149 Å². The number of quaternary nitrogens is 1. The predicted molar refractivity (Wildman–Crippen MR) is 95.6 cm³/mol. The number of ether oxygens (including phenoxy) is 1. The topological polar surface area (TPSA) is 66.9 Å². The molecule has 1 amide bonds. The van der Waals surface area contributed by atoms with Crippen molar-refractivity contribution in [2.45, 2.75) is 11.3 Å². The van der Waals surface area contributed by atoms with E-state index in [1.165, 1.54) is 19.1 Å². The van der Waals surface area contributed by atoms with Crippen molar-refractivity contribution in [2.75, 3.05) is 48.4 Å². The number of hydrogen-bond donors (Lipinski definition) is 0. The van der Waals surface area contributed by atoms with E-state index in [1.54, 1.807) is 24.3 Å². The molecular weight excluding hydrogens is 342 g/mol. The van der Waals surface area contributed by atoms with Gasteiger partial charge in [0.2, 0.25) is 6.41 Å². The molecular formula is C17H26N3O4S+. The number of methoxy groups -OCH3 is 1. The van der Waals surface area contributed by atoms with Crippen molar-refractivity contribution >= 4 is 22.2 Å². The lowest BCUT2D eigenvalue weighted by molar-refractivity contribution is -0.870. The molecule has 8 heteroatoms. The van der Waals surface area contributed by atoms with Gasteiger partial charge in [-0.3, -0.25) is 14.0 Å². The van der Waals surface area contributed by atoms with Gasteiger partial charge >= 0.3 is 0 Å². The maximum atomic E-state index is 12.8. The lowest BCUT2D eigenvalue weighted by Crippen LogP contribution is -2.42. The van der Waals surface area contributed by atoms with E-state index in [2.05, 4.69) is 21.1 Å². The number of sulfonamides is 1. The summed E-state index contributed by atoms with van der Waals surface area (Å²) >= 11 is 0. The molecule has 138 valence electrons. The van der Waals surface area contributed by atoms with Crippen LogP contribution in [-0.4, -0.2) is 76.9 Å². The number of carbonyl (C=O) groups excluding carboxylic acids is 1. The van der Waals surface area contributed by atoms with E-state index in [4.69, 9.17) is 4.74 Å². The third-order valence-corrected chi connectivity index (χ3v) is 5.91. The fraction of sp³-hybridized carbons (Fsp3) is 0.471. The molecule has 1 aliphatic heterocycles. The zero-order valence-corrected chi connectivity index (χ0v) is 16.2. The summed E-state index contributed by atoms with van der Waals surface area (Å²) in [6, 6.07) is 6.65. The first-order chi connectivity index (χ1) is 11.6. The Morgan fingerprint density at radius 2 is 1.88 bits per heavy atom. The van der Waals surface area contributed by atoms with Gasteiger partial charge in [-0.25, -0.2) is 8.42 Å². The standard InChI is InChI=1S/C17H26N3O4S/c1-18-17(19(13-21)11-8-12-20(2,3)4)16(24-5)14-9-6-7-10-15(14)25(18,22)23/h6-7,9-10,13H,8,11-12H2,1-5H3/q+1. The Hall–Kier alpha value is -2.06. The maximum Gasteiger partial charge on any atom is 0.266 e. The Kier molecular flexibility index (Phi) is 5.43. The smallest absolute Gasteiger partial charge is 0.266 e. The molecule has 1 heterocycles. The van der Waals surface area contributed by atoms with Crippen LogP contribution in [0.4, 0.5) is 0 Å². The second-order valence-electron chi connectivity index (χ2n) is 6.99. The largest absolute Gasteiger partial charge is 0.492 e. The van der Waals surface area contributed by atoms with E-state index in [9.17, 15) is 13.2 Å². The van der Waals surface area contributed by atoms with Gasteiger partial charge in [-0.1, -0.05) is 12.1 Å². The molecule has 0 aromatic heterocycles. The maximum absolute atomic E-state index is 12.8. The number of fused-ring (bicyclic) bond motifs is 1. The van der Waals surface area contributed by atoms with Gasteiger partial charge in [-0.05, 0) is 12.1 Å². The van der Waals surface area contributed by atoms with E-state index in [1.807, 2.05) is 0 Å². The summed E-state index contributed by atoms with van der Waals surface area (Å²) in [7, 11) is 5.39. The van der Waals surface area contributed by atoms with Crippen molar-refractivity contribution in [3.05, 3.63) is 35.6 Å². The van der Waals surface area contributed by atoms with E-state index in [0.29, 0.717) is 24.3 Å². The molecule has 0 unspecified atom stereocenters. The highest BCUT2D eigenvalue weighted by atomic mass is 32.2. The van der Waals surface area contributed by atoms with Gasteiger partial charge < -0.3 is 9.22 Å². The fourth-order valence-corrected chi connectivity index (χ4v) is 4.24. The molecule has 0 saturated heterocycles. The normalized spacial score (nSPS) is 16.4. The van der Waals surface area contributed by atoms with Crippen molar-refractivity contribution in [3.63, 3.8) is 0 Å². The van der Waals surface area contributed by atoms with Crippen LogP contribution in [0.15, 0.2) is 35.0 Å². The van der Waals surface area contributed by atoms with Crippen molar-refractivity contribution in [2.24, 2.45) is 0 Å². The molecule has 0 fully saturated rings. The first kappa shape index (κ1) is 19.3. The van der Waals surface area contributed by atoms with Crippen LogP contribution in [0.1, 0.15) is 12.0 Å². The SMILES string of the molecule is COC1=C(N(C=O)CCC[N+](C)(C)C)N(C)S(=O)(=O)c2ccccc21. The highest BCUT2D eigenvalue weighted by Crippen LogP contribution is 2.37. The average molecular weight is 368 g/mol. The van der Waals surface area contributed by atoms with Crippen molar-refractivity contribution in [1.82, 2.24) is 9.21 Å². The lowest BCUT2D eigenvalue weighted by Gasteiger charge is -2.35. The first-order valence-corrected chi connectivity index (χ1v) is 9.46. The van der Waals surface area contributed by atoms with Crippen LogP contribution in [0.25, 0.3) is 5.76 Å². The monoisotopic (exact) mass is 368 g/mol. The molecule has 0 aliphatic carbocycles. The number of rotatable bonds is 7. The second-order valence-corrected chi connectivity index (χ2v) is 8.93. The van der Waals surface area contributed by atoms with Gasteiger partial charge in [0.25, 0.3) is 10.0 Å². The molecule has 2 rings (SSSR count). The summed E-state index contributed by atoms with van der Waals surface area (Å²) in [6.07, 6.45) is 1.39. The van der Waals surface area contributed by atoms with Crippen LogP contribution in [-0.2, 0) is 19.6 Å². The Bertz CT molecular complexity index is 781.